The predicted octanol–water partition coefficient (Wildman–Crippen LogP) is 6.07. The van der Waals surface area contributed by atoms with Crippen molar-refractivity contribution in [2.24, 2.45) is 0 Å². The van der Waals surface area contributed by atoms with Gasteiger partial charge in [0.25, 0.3) is 0 Å². The Morgan fingerprint density at radius 2 is 1.52 bits per heavy atom. The second-order valence-electron chi connectivity index (χ2n) is 4.27. The monoisotopic (exact) mass is 384 g/mol. The molecular formula is C14H7BrClF5. The SMILES string of the molecule is Fc1cc(C(Cl)c2ccc(C(F)(F)F)cc2)c(F)cc1Br. The van der Waals surface area contributed by atoms with E-state index in [0.29, 0.717) is 0 Å². The zero-order valence-electron chi connectivity index (χ0n) is 10.2. The van der Waals surface area contributed by atoms with Crippen LogP contribution in [0.15, 0.2) is 40.9 Å². The molecule has 0 aliphatic heterocycles. The minimum atomic E-state index is -4.46. The summed E-state index contributed by atoms with van der Waals surface area (Å²) in [7, 11) is 0. The summed E-state index contributed by atoms with van der Waals surface area (Å²) in [6, 6.07) is 5.80. The molecule has 2 rings (SSSR count). The van der Waals surface area contributed by atoms with Gasteiger partial charge in [-0.3, -0.25) is 0 Å². The first-order valence-electron chi connectivity index (χ1n) is 5.66. The van der Waals surface area contributed by atoms with E-state index in [1.165, 1.54) is 0 Å². The van der Waals surface area contributed by atoms with Gasteiger partial charge in [0.2, 0.25) is 0 Å². The maximum absolute atomic E-state index is 13.8. The van der Waals surface area contributed by atoms with Crippen LogP contribution in [0.3, 0.4) is 0 Å². The van der Waals surface area contributed by atoms with Crippen molar-refractivity contribution in [2.45, 2.75) is 11.6 Å². The number of rotatable bonds is 2. The second-order valence-corrected chi connectivity index (χ2v) is 5.56. The van der Waals surface area contributed by atoms with Crippen LogP contribution < -0.4 is 0 Å². The van der Waals surface area contributed by atoms with Crippen molar-refractivity contribution in [1.82, 2.24) is 0 Å². The van der Waals surface area contributed by atoms with Crippen molar-refractivity contribution >= 4 is 27.5 Å². The number of halogens is 7. The lowest BCUT2D eigenvalue weighted by molar-refractivity contribution is -0.137. The number of hydrogen-bond acceptors (Lipinski definition) is 0. The molecule has 21 heavy (non-hydrogen) atoms. The van der Waals surface area contributed by atoms with Gasteiger partial charge < -0.3 is 0 Å². The van der Waals surface area contributed by atoms with Gasteiger partial charge in [-0.15, -0.1) is 11.6 Å². The molecule has 0 N–H and O–H groups in total. The van der Waals surface area contributed by atoms with Crippen LogP contribution in [0, 0.1) is 11.6 Å². The lowest BCUT2D eigenvalue weighted by atomic mass is 10.0. The Labute approximate surface area is 130 Å². The maximum Gasteiger partial charge on any atom is 0.416 e. The van der Waals surface area contributed by atoms with E-state index in [0.717, 1.165) is 36.4 Å². The standard InChI is InChI=1S/C14H7BrClF5/c15-10-6-11(17)9(5-12(10)18)13(16)7-1-3-8(4-2-7)14(19,20)21/h1-6,13H. The highest BCUT2D eigenvalue weighted by Crippen LogP contribution is 2.35. The van der Waals surface area contributed by atoms with Crippen LogP contribution in [0.4, 0.5) is 22.0 Å². The van der Waals surface area contributed by atoms with E-state index in [2.05, 4.69) is 15.9 Å². The van der Waals surface area contributed by atoms with Gasteiger partial charge >= 0.3 is 6.18 Å². The summed E-state index contributed by atoms with van der Waals surface area (Å²) in [6.07, 6.45) is -4.46. The molecule has 0 aliphatic carbocycles. The highest BCUT2D eigenvalue weighted by Gasteiger charge is 2.30. The summed E-state index contributed by atoms with van der Waals surface area (Å²) < 4.78 is 64.5. The van der Waals surface area contributed by atoms with Gasteiger partial charge in [0.05, 0.1) is 15.4 Å². The van der Waals surface area contributed by atoms with Crippen molar-refractivity contribution in [1.29, 1.82) is 0 Å². The Morgan fingerprint density at radius 3 is 2.05 bits per heavy atom. The minimum absolute atomic E-state index is 0.0555. The molecule has 1 atom stereocenters. The van der Waals surface area contributed by atoms with Gasteiger partial charge in [0.15, 0.2) is 0 Å². The molecule has 0 bridgehead atoms. The Balaban J connectivity index is 2.36. The molecule has 0 aliphatic rings. The maximum atomic E-state index is 13.8. The van der Waals surface area contributed by atoms with Crippen LogP contribution in [0.1, 0.15) is 22.1 Å². The first kappa shape index (κ1) is 16.2. The summed E-state index contributed by atoms with van der Waals surface area (Å²) in [5.74, 6) is -1.45. The van der Waals surface area contributed by atoms with E-state index >= 15 is 0 Å². The summed E-state index contributed by atoms with van der Waals surface area (Å²) in [6.45, 7) is 0. The van der Waals surface area contributed by atoms with Gasteiger partial charge in [-0.2, -0.15) is 13.2 Å². The molecule has 0 nitrogen and oxygen atoms in total. The van der Waals surface area contributed by atoms with Gasteiger partial charge in [0, 0.05) is 5.56 Å². The Bertz CT molecular complexity index is 652. The van der Waals surface area contributed by atoms with E-state index in [-0.39, 0.29) is 15.6 Å². The van der Waals surface area contributed by atoms with Crippen LogP contribution in [0.5, 0.6) is 0 Å². The average Bonchev–Trinajstić information content (AvgIpc) is 2.41. The fraction of sp³-hybridized carbons (Fsp3) is 0.143. The molecule has 0 fully saturated rings. The molecule has 2 aromatic carbocycles. The van der Waals surface area contributed by atoms with E-state index in [9.17, 15) is 22.0 Å². The van der Waals surface area contributed by atoms with Gasteiger partial charge in [-0.25, -0.2) is 8.78 Å². The van der Waals surface area contributed by atoms with Crippen molar-refractivity contribution in [3.8, 4) is 0 Å². The van der Waals surface area contributed by atoms with E-state index in [1.54, 1.807) is 0 Å². The largest absolute Gasteiger partial charge is 0.416 e. The lowest BCUT2D eigenvalue weighted by Gasteiger charge is -2.13. The van der Waals surface area contributed by atoms with Crippen LogP contribution in [-0.2, 0) is 6.18 Å². The third kappa shape index (κ3) is 3.55. The quantitative estimate of drug-likeness (QED) is 0.334. The molecule has 112 valence electrons. The topological polar surface area (TPSA) is 0 Å². The normalized spacial score (nSPS) is 13.3. The Morgan fingerprint density at radius 1 is 0.952 bits per heavy atom. The van der Waals surface area contributed by atoms with Crippen LogP contribution in [0.2, 0.25) is 0 Å². The van der Waals surface area contributed by atoms with Crippen molar-refractivity contribution in [2.75, 3.05) is 0 Å². The van der Waals surface area contributed by atoms with Gasteiger partial charge in [-0.1, -0.05) is 12.1 Å². The first-order valence-corrected chi connectivity index (χ1v) is 6.88. The lowest BCUT2D eigenvalue weighted by Crippen LogP contribution is -2.05. The Kier molecular flexibility index (Phi) is 4.58. The van der Waals surface area contributed by atoms with E-state index in [1.807, 2.05) is 0 Å². The van der Waals surface area contributed by atoms with Crippen LogP contribution in [-0.4, -0.2) is 0 Å². The van der Waals surface area contributed by atoms with Gasteiger partial charge in [-0.05, 0) is 45.8 Å². The average molecular weight is 386 g/mol. The van der Waals surface area contributed by atoms with Crippen molar-refractivity contribution in [3.05, 3.63) is 69.2 Å². The van der Waals surface area contributed by atoms with Crippen molar-refractivity contribution in [3.63, 3.8) is 0 Å². The molecule has 2 aromatic rings. The molecule has 0 saturated heterocycles. The highest BCUT2D eigenvalue weighted by atomic mass is 79.9. The zero-order chi connectivity index (χ0) is 15.8. The molecule has 7 heteroatoms. The highest BCUT2D eigenvalue weighted by molar-refractivity contribution is 9.10. The minimum Gasteiger partial charge on any atom is -0.207 e. The fourth-order valence-electron chi connectivity index (χ4n) is 1.75. The fourth-order valence-corrected chi connectivity index (χ4v) is 2.38. The first-order chi connectivity index (χ1) is 9.70. The molecular weight excluding hydrogens is 379 g/mol. The predicted molar refractivity (Wildman–Crippen MR) is 73.2 cm³/mol. The Hall–Kier alpha value is -1.14. The third-order valence-electron chi connectivity index (χ3n) is 2.84. The van der Waals surface area contributed by atoms with E-state index in [4.69, 9.17) is 11.6 Å². The molecule has 0 heterocycles. The summed E-state index contributed by atoms with van der Waals surface area (Å²) in [4.78, 5) is 0. The van der Waals surface area contributed by atoms with Gasteiger partial charge in [0.1, 0.15) is 11.6 Å². The number of benzene rings is 2. The molecule has 0 spiro atoms. The molecule has 0 amide bonds. The third-order valence-corrected chi connectivity index (χ3v) is 3.94. The molecule has 0 saturated carbocycles. The van der Waals surface area contributed by atoms with Crippen LogP contribution in [0.25, 0.3) is 0 Å². The van der Waals surface area contributed by atoms with Crippen LogP contribution >= 0.6 is 27.5 Å². The molecule has 0 aromatic heterocycles. The van der Waals surface area contributed by atoms with Crippen molar-refractivity contribution < 1.29 is 22.0 Å². The molecule has 1 unspecified atom stereocenters. The summed E-state index contributed by atoms with van der Waals surface area (Å²) in [5.41, 5.74) is -0.736. The van der Waals surface area contributed by atoms with E-state index < -0.39 is 28.8 Å². The molecule has 0 radical (unpaired) electrons. The number of hydrogen-bond donors (Lipinski definition) is 0. The second kappa shape index (κ2) is 5.93. The smallest absolute Gasteiger partial charge is 0.207 e. The number of alkyl halides is 4. The zero-order valence-corrected chi connectivity index (χ0v) is 12.5. The summed E-state index contributed by atoms with van der Waals surface area (Å²) in [5, 5.41) is -1.09. The summed E-state index contributed by atoms with van der Waals surface area (Å²) >= 11 is 8.86.